The molecule has 1 saturated heterocycles. The minimum absolute atomic E-state index is 0. The van der Waals surface area contributed by atoms with Crippen molar-refractivity contribution in [2.24, 2.45) is 0 Å². The molecule has 0 unspecified atom stereocenters. The maximum atomic E-state index is 13.6. The van der Waals surface area contributed by atoms with Gasteiger partial charge in [-0.2, -0.15) is 0 Å². The van der Waals surface area contributed by atoms with Crippen LogP contribution in [0.2, 0.25) is 0 Å². The van der Waals surface area contributed by atoms with Crippen LogP contribution >= 0.6 is 12.4 Å². The highest BCUT2D eigenvalue weighted by Crippen LogP contribution is 2.44. The summed E-state index contributed by atoms with van der Waals surface area (Å²) in [6, 6.07) is 5.46. The number of benzene rings is 1. The molecule has 2 aliphatic heterocycles. The van der Waals surface area contributed by atoms with Crippen LogP contribution in [0.3, 0.4) is 0 Å². The maximum absolute atomic E-state index is 13.6. The van der Waals surface area contributed by atoms with Crippen LogP contribution in [0.4, 0.5) is 10.1 Å². The Kier molecular flexibility index (Phi) is 3.32. The quantitative estimate of drug-likeness (QED) is 0.768. The molecular formula is C13H18ClFN2. The van der Waals surface area contributed by atoms with Gasteiger partial charge in [-0.05, 0) is 44.6 Å². The van der Waals surface area contributed by atoms with Gasteiger partial charge in [-0.25, -0.2) is 4.39 Å². The molecule has 1 fully saturated rings. The summed E-state index contributed by atoms with van der Waals surface area (Å²) in [6.07, 6.45) is 2.26. The second kappa shape index (κ2) is 4.46. The summed E-state index contributed by atoms with van der Waals surface area (Å²) in [4.78, 5) is 2.35. The van der Waals surface area contributed by atoms with Crippen molar-refractivity contribution in [1.29, 1.82) is 0 Å². The molecule has 0 aromatic heterocycles. The molecule has 0 radical (unpaired) electrons. The van der Waals surface area contributed by atoms with E-state index in [1.807, 2.05) is 6.07 Å². The second-order valence-electron chi connectivity index (χ2n) is 5.10. The van der Waals surface area contributed by atoms with E-state index in [1.54, 1.807) is 6.07 Å². The van der Waals surface area contributed by atoms with Crippen molar-refractivity contribution in [3.63, 3.8) is 0 Å². The topological polar surface area (TPSA) is 15.3 Å². The molecule has 94 valence electrons. The number of hydrogen-bond acceptors (Lipinski definition) is 2. The molecule has 4 heteroatoms. The molecule has 1 aromatic carbocycles. The van der Waals surface area contributed by atoms with Crippen molar-refractivity contribution < 1.29 is 4.39 Å². The summed E-state index contributed by atoms with van der Waals surface area (Å²) in [5.74, 6) is -0.103. The summed E-state index contributed by atoms with van der Waals surface area (Å²) in [7, 11) is 2.15. The first-order valence-electron chi connectivity index (χ1n) is 5.93. The molecule has 0 saturated carbocycles. The molecule has 0 atom stereocenters. The van der Waals surface area contributed by atoms with E-state index in [0.717, 1.165) is 38.2 Å². The number of halogens is 2. The van der Waals surface area contributed by atoms with Gasteiger partial charge in [-0.15, -0.1) is 12.4 Å². The van der Waals surface area contributed by atoms with Gasteiger partial charge < -0.3 is 10.2 Å². The Morgan fingerprint density at radius 1 is 1.29 bits per heavy atom. The van der Waals surface area contributed by atoms with Crippen LogP contribution in [0, 0.1) is 5.82 Å². The number of para-hydroxylation sites is 1. The molecular weight excluding hydrogens is 239 g/mol. The lowest BCUT2D eigenvalue weighted by atomic mass is 9.74. The third-order valence-electron chi connectivity index (χ3n) is 4.13. The van der Waals surface area contributed by atoms with Gasteiger partial charge in [0.1, 0.15) is 5.82 Å². The first-order valence-corrected chi connectivity index (χ1v) is 5.93. The highest BCUT2D eigenvalue weighted by atomic mass is 35.5. The van der Waals surface area contributed by atoms with Crippen LogP contribution in [0.25, 0.3) is 0 Å². The predicted molar refractivity (Wildman–Crippen MR) is 70.5 cm³/mol. The number of hydrogen-bond donors (Lipinski definition) is 1. The van der Waals surface area contributed by atoms with Gasteiger partial charge in [0.25, 0.3) is 0 Å². The Hall–Kier alpha value is -0.800. The van der Waals surface area contributed by atoms with E-state index in [2.05, 4.69) is 23.3 Å². The van der Waals surface area contributed by atoms with E-state index >= 15 is 0 Å². The van der Waals surface area contributed by atoms with Gasteiger partial charge in [0.05, 0.1) is 5.69 Å². The van der Waals surface area contributed by atoms with E-state index in [9.17, 15) is 4.39 Å². The molecule has 1 spiro atoms. The second-order valence-corrected chi connectivity index (χ2v) is 5.10. The van der Waals surface area contributed by atoms with Crippen molar-refractivity contribution in [1.82, 2.24) is 4.90 Å². The fraction of sp³-hybridized carbons (Fsp3) is 0.538. The van der Waals surface area contributed by atoms with Crippen molar-refractivity contribution in [3.8, 4) is 0 Å². The van der Waals surface area contributed by atoms with Gasteiger partial charge in [-0.1, -0.05) is 12.1 Å². The van der Waals surface area contributed by atoms with Crippen molar-refractivity contribution in [3.05, 3.63) is 29.6 Å². The minimum atomic E-state index is -0.103. The first-order chi connectivity index (χ1) is 7.71. The molecule has 1 aromatic rings. The number of piperidine rings is 1. The smallest absolute Gasteiger partial charge is 0.146 e. The van der Waals surface area contributed by atoms with Crippen molar-refractivity contribution >= 4 is 18.1 Å². The number of fused-ring (bicyclic) bond motifs is 2. The van der Waals surface area contributed by atoms with Gasteiger partial charge in [0.15, 0.2) is 0 Å². The normalized spacial score (nSPS) is 21.8. The van der Waals surface area contributed by atoms with Crippen molar-refractivity contribution in [2.45, 2.75) is 18.3 Å². The SMILES string of the molecule is CN1CCC2(CC1)CNc1c(F)cccc12.Cl. The average molecular weight is 257 g/mol. The van der Waals surface area contributed by atoms with Crippen molar-refractivity contribution in [2.75, 3.05) is 32.0 Å². The molecule has 1 N–H and O–H groups in total. The van der Waals surface area contributed by atoms with E-state index in [4.69, 9.17) is 0 Å². The van der Waals surface area contributed by atoms with Gasteiger partial charge in [0, 0.05) is 12.0 Å². The molecule has 17 heavy (non-hydrogen) atoms. The highest BCUT2D eigenvalue weighted by molar-refractivity contribution is 5.85. The Morgan fingerprint density at radius 2 is 2.00 bits per heavy atom. The zero-order chi connectivity index (χ0) is 11.2. The van der Waals surface area contributed by atoms with Crippen LogP contribution in [-0.2, 0) is 5.41 Å². The zero-order valence-corrected chi connectivity index (χ0v) is 10.8. The van der Waals surface area contributed by atoms with E-state index in [1.165, 1.54) is 5.56 Å². The lowest BCUT2D eigenvalue weighted by Crippen LogP contribution is -2.42. The number of likely N-dealkylation sites (tertiary alicyclic amines) is 1. The van der Waals surface area contributed by atoms with Gasteiger partial charge in [-0.3, -0.25) is 0 Å². The summed E-state index contributed by atoms with van der Waals surface area (Å²) in [5.41, 5.74) is 2.12. The van der Waals surface area contributed by atoms with E-state index < -0.39 is 0 Å². The van der Waals surface area contributed by atoms with Crippen LogP contribution < -0.4 is 5.32 Å². The Bertz CT molecular complexity index is 414. The lowest BCUT2D eigenvalue weighted by molar-refractivity contribution is 0.200. The fourth-order valence-corrected chi connectivity index (χ4v) is 2.99. The zero-order valence-electron chi connectivity index (χ0n) is 10.0. The third kappa shape index (κ3) is 1.91. The van der Waals surface area contributed by atoms with Crippen LogP contribution in [0.15, 0.2) is 18.2 Å². The number of rotatable bonds is 0. The molecule has 2 aliphatic rings. The predicted octanol–water partition coefficient (Wildman–Crippen LogP) is 2.64. The van der Waals surface area contributed by atoms with Crippen LogP contribution in [0.1, 0.15) is 18.4 Å². The van der Waals surface area contributed by atoms with E-state index in [0.29, 0.717) is 0 Å². The van der Waals surface area contributed by atoms with Gasteiger partial charge >= 0.3 is 0 Å². The molecule has 2 heterocycles. The molecule has 0 amide bonds. The summed E-state index contributed by atoms with van der Waals surface area (Å²) in [6.45, 7) is 3.12. The molecule has 2 nitrogen and oxygen atoms in total. The standard InChI is InChI=1S/C13H17FN2.ClH/c1-16-7-5-13(6-8-16)9-15-12-10(13)3-2-4-11(12)14;/h2-4,15H,5-9H2,1H3;1H. The number of nitrogens with one attached hydrogen (secondary N) is 1. The Morgan fingerprint density at radius 3 is 2.71 bits per heavy atom. The fourth-order valence-electron chi connectivity index (χ4n) is 2.99. The van der Waals surface area contributed by atoms with Crippen LogP contribution in [-0.4, -0.2) is 31.6 Å². The summed E-state index contributed by atoms with van der Waals surface area (Å²) >= 11 is 0. The maximum Gasteiger partial charge on any atom is 0.146 e. The van der Waals surface area contributed by atoms with Gasteiger partial charge in [0.2, 0.25) is 0 Å². The summed E-state index contributed by atoms with van der Waals surface area (Å²) < 4.78 is 13.6. The number of anilines is 1. The average Bonchev–Trinajstić information content (AvgIpc) is 2.64. The Balaban J connectivity index is 0.00000108. The molecule has 3 rings (SSSR count). The van der Waals surface area contributed by atoms with E-state index in [-0.39, 0.29) is 23.6 Å². The first kappa shape index (κ1) is 12.7. The lowest BCUT2D eigenvalue weighted by Gasteiger charge is -2.37. The summed E-state index contributed by atoms with van der Waals surface area (Å²) in [5, 5.41) is 3.25. The molecule has 0 aliphatic carbocycles. The number of nitrogens with zero attached hydrogens (tertiary/aromatic N) is 1. The third-order valence-corrected chi connectivity index (χ3v) is 4.13. The Labute approximate surface area is 108 Å². The monoisotopic (exact) mass is 256 g/mol. The highest BCUT2D eigenvalue weighted by Gasteiger charge is 2.41. The molecule has 0 bridgehead atoms. The minimum Gasteiger partial charge on any atom is -0.382 e. The van der Waals surface area contributed by atoms with Crippen LogP contribution in [0.5, 0.6) is 0 Å². The largest absolute Gasteiger partial charge is 0.382 e.